The Hall–Kier alpha value is -1.39. The lowest BCUT2D eigenvalue weighted by Gasteiger charge is -2.15. The maximum Gasteiger partial charge on any atom is 0.0833 e. The minimum Gasteiger partial charge on any atom is -0.550 e. The lowest BCUT2D eigenvalue weighted by Crippen LogP contribution is -2.25. The van der Waals surface area contributed by atoms with Crippen molar-refractivity contribution in [2.45, 2.75) is 83.3 Å². The molecule has 0 aromatic carbocycles. The Kier molecular flexibility index (Phi) is 15.5. The molecule has 2 unspecified atom stereocenters. The Morgan fingerprint density at radius 2 is 1.54 bits per heavy atom. The van der Waals surface area contributed by atoms with Crippen LogP contribution < -0.4 is 5.11 Å². The van der Waals surface area contributed by atoms with Gasteiger partial charge in [0.2, 0.25) is 0 Å². The van der Waals surface area contributed by atoms with Crippen molar-refractivity contribution in [2.24, 2.45) is 0 Å². The molecule has 0 aromatic rings. The van der Waals surface area contributed by atoms with E-state index in [4.69, 9.17) is 0 Å². The molecule has 0 bridgehead atoms. The zero-order valence-electron chi connectivity index (χ0n) is 14.9. The highest BCUT2D eigenvalue weighted by molar-refractivity contribution is 5.64. The summed E-state index contributed by atoms with van der Waals surface area (Å²) in [4.78, 5) is 10.2. The van der Waals surface area contributed by atoms with E-state index in [1.165, 1.54) is 0 Å². The number of carboxylic acid groups (broad SMARTS) is 1. The van der Waals surface area contributed by atoms with E-state index in [1.807, 2.05) is 30.4 Å². The van der Waals surface area contributed by atoms with Crippen molar-refractivity contribution in [3.8, 4) is 0 Å². The highest BCUT2D eigenvalue weighted by atomic mass is 16.4. The topological polar surface area (TPSA) is 80.6 Å². The van der Waals surface area contributed by atoms with Crippen LogP contribution in [0.15, 0.2) is 36.5 Å². The maximum absolute atomic E-state index is 10.2. The Balaban J connectivity index is 3.62. The Bertz CT molecular complexity index is 385. The number of carbonyl (C=O) groups is 1. The molecule has 0 rings (SSSR count). The second-order valence-corrected chi connectivity index (χ2v) is 6.02. The molecule has 0 aliphatic rings. The SMILES string of the molecule is CCCCCC(O)C(O)C/C=C\C/C=C\C/C=C\CCCC(=O)[O-]. The summed E-state index contributed by atoms with van der Waals surface area (Å²) in [6.07, 6.45) is 18.2. The summed E-state index contributed by atoms with van der Waals surface area (Å²) in [6, 6.07) is 0. The molecule has 138 valence electrons. The highest BCUT2D eigenvalue weighted by Gasteiger charge is 2.13. The number of aliphatic hydroxyl groups is 2. The fourth-order valence-electron chi connectivity index (χ4n) is 2.21. The van der Waals surface area contributed by atoms with Crippen molar-refractivity contribution in [2.75, 3.05) is 0 Å². The van der Waals surface area contributed by atoms with Gasteiger partial charge in [0.1, 0.15) is 0 Å². The Morgan fingerprint density at radius 1 is 0.917 bits per heavy atom. The van der Waals surface area contributed by atoms with Crippen molar-refractivity contribution in [3.05, 3.63) is 36.5 Å². The molecule has 2 atom stereocenters. The lowest BCUT2D eigenvalue weighted by atomic mass is 10.0. The minimum atomic E-state index is -0.992. The summed E-state index contributed by atoms with van der Waals surface area (Å²) >= 11 is 0. The number of aliphatic carboxylic acids is 1. The van der Waals surface area contributed by atoms with Gasteiger partial charge in [-0.15, -0.1) is 0 Å². The molecule has 24 heavy (non-hydrogen) atoms. The molecule has 0 heterocycles. The summed E-state index contributed by atoms with van der Waals surface area (Å²) in [7, 11) is 0. The number of allylic oxidation sites excluding steroid dienone is 5. The van der Waals surface area contributed by atoms with Crippen LogP contribution in [-0.2, 0) is 4.79 Å². The largest absolute Gasteiger partial charge is 0.550 e. The fourth-order valence-corrected chi connectivity index (χ4v) is 2.21. The van der Waals surface area contributed by atoms with Gasteiger partial charge in [0, 0.05) is 5.97 Å². The molecule has 0 fully saturated rings. The van der Waals surface area contributed by atoms with Gasteiger partial charge >= 0.3 is 0 Å². The van der Waals surface area contributed by atoms with Crippen LogP contribution in [0.4, 0.5) is 0 Å². The lowest BCUT2D eigenvalue weighted by molar-refractivity contribution is -0.305. The van der Waals surface area contributed by atoms with Crippen LogP contribution in [-0.4, -0.2) is 28.4 Å². The van der Waals surface area contributed by atoms with Gasteiger partial charge < -0.3 is 20.1 Å². The van der Waals surface area contributed by atoms with Gasteiger partial charge in [-0.25, -0.2) is 0 Å². The predicted molar refractivity (Wildman–Crippen MR) is 96.3 cm³/mol. The highest BCUT2D eigenvalue weighted by Crippen LogP contribution is 2.09. The Morgan fingerprint density at radius 3 is 2.17 bits per heavy atom. The molecular weight excluding hydrogens is 304 g/mol. The Labute approximate surface area is 146 Å². The van der Waals surface area contributed by atoms with Crippen molar-refractivity contribution in [1.29, 1.82) is 0 Å². The third-order valence-corrected chi connectivity index (χ3v) is 3.72. The van der Waals surface area contributed by atoms with Crippen molar-refractivity contribution in [1.82, 2.24) is 0 Å². The average Bonchev–Trinajstić information content (AvgIpc) is 2.55. The van der Waals surface area contributed by atoms with Gasteiger partial charge in [0.25, 0.3) is 0 Å². The third kappa shape index (κ3) is 15.5. The van der Waals surface area contributed by atoms with E-state index in [0.717, 1.165) is 38.5 Å². The first-order valence-corrected chi connectivity index (χ1v) is 9.08. The average molecular weight is 337 g/mol. The van der Waals surface area contributed by atoms with Crippen molar-refractivity contribution in [3.63, 3.8) is 0 Å². The summed E-state index contributed by atoms with van der Waals surface area (Å²) in [6.45, 7) is 2.12. The summed E-state index contributed by atoms with van der Waals surface area (Å²) in [5, 5.41) is 29.8. The smallest absolute Gasteiger partial charge is 0.0833 e. The van der Waals surface area contributed by atoms with Gasteiger partial charge in [0.05, 0.1) is 12.2 Å². The molecule has 0 spiro atoms. The summed E-state index contributed by atoms with van der Waals surface area (Å²) < 4.78 is 0. The number of unbranched alkanes of at least 4 members (excludes halogenated alkanes) is 3. The van der Waals surface area contributed by atoms with Crippen molar-refractivity contribution >= 4 is 5.97 Å². The first-order valence-electron chi connectivity index (χ1n) is 9.08. The van der Waals surface area contributed by atoms with Crippen LogP contribution in [0.25, 0.3) is 0 Å². The molecule has 2 N–H and O–H groups in total. The van der Waals surface area contributed by atoms with Gasteiger partial charge in [0.15, 0.2) is 0 Å². The predicted octanol–water partition coefficient (Wildman–Crippen LogP) is 3.05. The molecule has 0 amide bonds. The zero-order chi connectivity index (χ0) is 18.0. The normalized spacial score (nSPS) is 14.8. The van der Waals surface area contributed by atoms with Crippen LogP contribution in [0, 0.1) is 0 Å². The third-order valence-electron chi connectivity index (χ3n) is 3.72. The number of hydrogen-bond donors (Lipinski definition) is 2. The van der Waals surface area contributed by atoms with E-state index in [-0.39, 0.29) is 6.42 Å². The number of carboxylic acids is 1. The number of aliphatic hydroxyl groups excluding tert-OH is 2. The van der Waals surface area contributed by atoms with Crippen LogP contribution in [0.5, 0.6) is 0 Å². The van der Waals surface area contributed by atoms with E-state index in [0.29, 0.717) is 19.3 Å². The number of rotatable bonds is 15. The van der Waals surface area contributed by atoms with Gasteiger partial charge in [-0.05, 0) is 44.9 Å². The van der Waals surface area contributed by atoms with Gasteiger partial charge in [-0.1, -0.05) is 62.6 Å². The van der Waals surface area contributed by atoms with Gasteiger partial charge in [-0.2, -0.15) is 0 Å². The van der Waals surface area contributed by atoms with E-state index in [2.05, 4.69) is 13.0 Å². The van der Waals surface area contributed by atoms with Crippen LogP contribution >= 0.6 is 0 Å². The second kappa shape index (κ2) is 16.5. The molecule has 0 saturated carbocycles. The van der Waals surface area contributed by atoms with E-state index in [1.54, 1.807) is 0 Å². The first-order chi connectivity index (χ1) is 11.6. The molecule has 0 aliphatic heterocycles. The van der Waals surface area contributed by atoms with Crippen molar-refractivity contribution < 1.29 is 20.1 Å². The molecule has 0 aliphatic carbocycles. The van der Waals surface area contributed by atoms with E-state index < -0.39 is 18.2 Å². The number of carbonyl (C=O) groups excluding carboxylic acids is 1. The monoisotopic (exact) mass is 337 g/mol. The molecule has 0 saturated heterocycles. The standard InChI is InChI=1S/C20H34O4/c1-2-3-12-15-18(21)19(22)16-13-10-8-6-4-5-7-9-11-14-17-20(23)24/h4,6-7,9-10,13,18-19,21-22H,2-3,5,8,11-12,14-17H2,1H3,(H,23,24)/p-1/b6-4-,9-7-,13-10-. The maximum atomic E-state index is 10.2. The first kappa shape index (κ1) is 22.6. The van der Waals surface area contributed by atoms with Crippen LogP contribution in [0.1, 0.15) is 71.1 Å². The molecular formula is C20H33O4-. The number of hydrogen-bond acceptors (Lipinski definition) is 4. The molecule has 0 aromatic heterocycles. The molecule has 4 nitrogen and oxygen atoms in total. The zero-order valence-corrected chi connectivity index (χ0v) is 14.9. The molecule has 0 radical (unpaired) electrons. The quantitative estimate of drug-likeness (QED) is 0.355. The second-order valence-electron chi connectivity index (χ2n) is 6.02. The van der Waals surface area contributed by atoms with Crippen LogP contribution in [0.2, 0.25) is 0 Å². The minimum absolute atomic E-state index is 0.115. The van der Waals surface area contributed by atoms with E-state index in [9.17, 15) is 20.1 Å². The summed E-state index contributed by atoms with van der Waals surface area (Å²) in [5.74, 6) is -0.992. The summed E-state index contributed by atoms with van der Waals surface area (Å²) in [5.41, 5.74) is 0. The fraction of sp³-hybridized carbons (Fsp3) is 0.650. The van der Waals surface area contributed by atoms with Crippen LogP contribution in [0.3, 0.4) is 0 Å². The molecule has 4 heteroatoms. The van der Waals surface area contributed by atoms with Gasteiger partial charge in [-0.3, -0.25) is 0 Å². The van der Waals surface area contributed by atoms with E-state index >= 15 is 0 Å².